The number of ether oxygens (including phenoxy) is 1. The summed E-state index contributed by atoms with van der Waals surface area (Å²) in [6.07, 6.45) is -3.36. The Labute approximate surface area is 135 Å². The fourth-order valence-corrected chi connectivity index (χ4v) is 2.36. The molecule has 0 spiro atoms. The van der Waals surface area contributed by atoms with E-state index in [1.807, 2.05) is 6.92 Å². The Kier molecular flexibility index (Phi) is 4.10. The highest BCUT2D eigenvalue weighted by molar-refractivity contribution is 6.00. The number of halogens is 3. The number of hydrogen-bond acceptors (Lipinski definition) is 6. The van der Waals surface area contributed by atoms with Gasteiger partial charge in [0.15, 0.2) is 5.82 Å². The number of benzene rings is 1. The molecule has 1 aromatic carbocycles. The third kappa shape index (κ3) is 3.30. The quantitative estimate of drug-likeness (QED) is 0.894. The zero-order chi connectivity index (χ0) is 17.3. The van der Waals surface area contributed by atoms with Crippen molar-refractivity contribution in [2.24, 2.45) is 4.99 Å². The summed E-state index contributed by atoms with van der Waals surface area (Å²) in [5, 5.41) is 12.3. The van der Waals surface area contributed by atoms with E-state index in [1.54, 1.807) is 0 Å². The molecule has 2 heterocycles. The molecule has 0 amide bonds. The summed E-state index contributed by atoms with van der Waals surface area (Å²) in [4.78, 5) is 12.6. The average Bonchev–Trinajstić information content (AvgIpc) is 2.85. The molecule has 1 aliphatic heterocycles. The second kappa shape index (κ2) is 6.08. The van der Waals surface area contributed by atoms with E-state index in [0.717, 1.165) is 0 Å². The molecule has 1 unspecified atom stereocenters. The maximum atomic E-state index is 12.2. The monoisotopic (exact) mass is 338 g/mol. The largest absolute Gasteiger partial charge is 0.573 e. The van der Waals surface area contributed by atoms with Crippen molar-refractivity contribution in [2.45, 2.75) is 19.2 Å². The maximum Gasteiger partial charge on any atom is 0.573 e. The fraction of sp³-hybridized carbons (Fsp3) is 0.267. The van der Waals surface area contributed by atoms with Gasteiger partial charge in [-0.25, -0.2) is 15.0 Å². The molecular formula is C15H13F3N4O2. The standard InChI is InChI=1S/C15H13F3N4O2/c1-8-11(6-23)22-13-12(8)19-7-20-14(13)21-9-2-4-10(5-3-9)24-15(16,17)18/h2-5,7-8,23H,6H2,1H3,(H,19,20,21). The van der Waals surface area contributed by atoms with Gasteiger partial charge in [-0.3, -0.25) is 0 Å². The molecule has 2 N–H and O–H groups in total. The molecular weight excluding hydrogens is 325 g/mol. The zero-order valence-electron chi connectivity index (χ0n) is 12.5. The van der Waals surface area contributed by atoms with Crippen LogP contribution in [0.25, 0.3) is 0 Å². The number of aliphatic imine (C=N–C) groups is 1. The number of aliphatic hydroxyl groups is 1. The number of nitrogens with zero attached hydrogens (tertiary/aromatic N) is 3. The number of anilines is 2. The Morgan fingerprint density at radius 3 is 2.54 bits per heavy atom. The van der Waals surface area contributed by atoms with Gasteiger partial charge in [-0.2, -0.15) is 0 Å². The minimum absolute atomic E-state index is 0.115. The number of fused-ring (bicyclic) bond motifs is 1. The minimum Gasteiger partial charge on any atom is -0.406 e. The second-order valence-corrected chi connectivity index (χ2v) is 5.14. The predicted octanol–water partition coefficient (Wildman–Crippen LogP) is 3.30. The maximum absolute atomic E-state index is 12.2. The van der Waals surface area contributed by atoms with Crippen LogP contribution < -0.4 is 10.1 Å². The van der Waals surface area contributed by atoms with E-state index in [9.17, 15) is 18.3 Å². The van der Waals surface area contributed by atoms with Gasteiger partial charge in [0, 0.05) is 11.6 Å². The predicted molar refractivity (Wildman–Crippen MR) is 81.0 cm³/mol. The molecule has 9 heteroatoms. The average molecular weight is 338 g/mol. The number of hydrogen-bond donors (Lipinski definition) is 2. The summed E-state index contributed by atoms with van der Waals surface area (Å²) >= 11 is 0. The highest BCUT2D eigenvalue weighted by atomic mass is 19.4. The van der Waals surface area contributed by atoms with E-state index >= 15 is 0 Å². The lowest BCUT2D eigenvalue weighted by Crippen LogP contribution is -2.16. The van der Waals surface area contributed by atoms with Crippen molar-refractivity contribution in [2.75, 3.05) is 11.9 Å². The normalized spacial score (nSPS) is 16.5. The minimum atomic E-state index is -4.73. The summed E-state index contributed by atoms with van der Waals surface area (Å²) < 4.78 is 40.3. The molecule has 0 saturated heterocycles. The van der Waals surface area contributed by atoms with Crippen LogP contribution in [-0.4, -0.2) is 33.8 Å². The van der Waals surface area contributed by atoms with Crippen molar-refractivity contribution in [1.29, 1.82) is 0 Å². The highest BCUT2D eigenvalue weighted by Gasteiger charge is 2.31. The van der Waals surface area contributed by atoms with Crippen molar-refractivity contribution in [3.8, 4) is 5.75 Å². The molecule has 1 aliphatic rings. The summed E-state index contributed by atoms with van der Waals surface area (Å²) in [5.41, 5.74) is 2.31. The Morgan fingerprint density at radius 1 is 1.21 bits per heavy atom. The molecule has 2 aromatic rings. The first kappa shape index (κ1) is 16.2. The van der Waals surface area contributed by atoms with E-state index < -0.39 is 6.36 Å². The lowest BCUT2D eigenvalue weighted by Gasteiger charge is -2.11. The van der Waals surface area contributed by atoms with Gasteiger partial charge in [0.25, 0.3) is 0 Å². The van der Waals surface area contributed by atoms with Gasteiger partial charge in [-0.15, -0.1) is 13.2 Å². The lowest BCUT2D eigenvalue weighted by atomic mass is 10.0. The number of rotatable bonds is 4. The van der Waals surface area contributed by atoms with Crippen LogP contribution >= 0.6 is 0 Å². The molecule has 3 rings (SSSR count). The van der Waals surface area contributed by atoms with Crippen LogP contribution in [0.4, 0.5) is 30.4 Å². The molecule has 1 atom stereocenters. The summed E-state index contributed by atoms with van der Waals surface area (Å²) in [7, 11) is 0. The van der Waals surface area contributed by atoms with Gasteiger partial charge < -0.3 is 15.2 Å². The van der Waals surface area contributed by atoms with Gasteiger partial charge >= 0.3 is 6.36 Å². The van der Waals surface area contributed by atoms with Gasteiger partial charge in [-0.1, -0.05) is 6.92 Å². The van der Waals surface area contributed by atoms with Crippen LogP contribution in [0.3, 0.4) is 0 Å². The van der Waals surface area contributed by atoms with Crippen LogP contribution in [-0.2, 0) is 0 Å². The number of nitrogens with one attached hydrogen (secondary N) is 1. The fourth-order valence-electron chi connectivity index (χ4n) is 2.36. The van der Waals surface area contributed by atoms with Gasteiger partial charge in [0.05, 0.1) is 18.0 Å². The van der Waals surface area contributed by atoms with Gasteiger partial charge in [-0.05, 0) is 24.3 Å². The number of alkyl halides is 3. The topological polar surface area (TPSA) is 79.6 Å². The zero-order valence-corrected chi connectivity index (χ0v) is 12.5. The molecule has 126 valence electrons. The molecule has 0 fully saturated rings. The van der Waals surface area contributed by atoms with Crippen LogP contribution in [0.1, 0.15) is 18.5 Å². The summed E-state index contributed by atoms with van der Waals surface area (Å²) in [5.74, 6) is -0.00826. The Morgan fingerprint density at radius 2 is 1.92 bits per heavy atom. The first-order valence-electron chi connectivity index (χ1n) is 7.03. The van der Waals surface area contributed by atoms with Gasteiger partial charge in [0.1, 0.15) is 17.8 Å². The molecule has 0 saturated carbocycles. The Hall–Kier alpha value is -2.68. The lowest BCUT2D eigenvalue weighted by molar-refractivity contribution is -0.274. The van der Waals surface area contributed by atoms with Crippen LogP contribution in [0, 0.1) is 0 Å². The Bertz CT molecular complexity index is 775. The van der Waals surface area contributed by atoms with Crippen molar-refractivity contribution >= 4 is 22.9 Å². The molecule has 6 nitrogen and oxygen atoms in total. The third-order valence-electron chi connectivity index (χ3n) is 3.53. The third-order valence-corrected chi connectivity index (χ3v) is 3.53. The molecule has 0 aliphatic carbocycles. The van der Waals surface area contributed by atoms with Crippen molar-refractivity contribution in [3.05, 3.63) is 36.3 Å². The van der Waals surface area contributed by atoms with E-state index in [4.69, 9.17) is 0 Å². The first-order chi connectivity index (χ1) is 11.4. The molecule has 0 bridgehead atoms. The first-order valence-corrected chi connectivity index (χ1v) is 7.03. The van der Waals surface area contributed by atoms with Crippen LogP contribution in [0.2, 0.25) is 0 Å². The number of aliphatic hydroxyl groups excluding tert-OH is 1. The molecule has 1 aromatic heterocycles. The van der Waals surface area contributed by atoms with E-state index in [-0.39, 0.29) is 18.3 Å². The summed E-state index contributed by atoms with van der Waals surface area (Å²) in [6, 6.07) is 5.26. The molecule has 24 heavy (non-hydrogen) atoms. The van der Waals surface area contributed by atoms with Crippen LogP contribution in [0.15, 0.2) is 35.6 Å². The summed E-state index contributed by atoms with van der Waals surface area (Å²) in [6.45, 7) is 1.70. The van der Waals surface area contributed by atoms with E-state index in [2.05, 4.69) is 25.0 Å². The van der Waals surface area contributed by atoms with E-state index in [1.165, 1.54) is 30.6 Å². The highest BCUT2D eigenvalue weighted by Crippen LogP contribution is 2.39. The smallest absolute Gasteiger partial charge is 0.406 e. The van der Waals surface area contributed by atoms with E-state index in [0.29, 0.717) is 28.6 Å². The second-order valence-electron chi connectivity index (χ2n) is 5.14. The SMILES string of the molecule is CC1C(CO)=Nc2c(Nc3ccc(OC(F)(F)F)cc3)ncnc21. The van der Waals surface area contributed by atoms with Crippen LogP contribution in [0.5, 0.6) is 5.75 Å². The van der Waals surface area contributed by atoms with Crippen molar-refractivity contribution in [3.63, 3.8) is 0 Å². The number of aromatic nitrogens is 2. The van der Waals surface area contributed by atoms with Gasteiger partial charge in [0.2, 0.25) is 0 Å². The molecule has 0 radical (unpaired) electrons. The van der Waals surface area contributed by atoms with Crippen molar-refractivity contribution < 1.29 is 23.0 Å². The Balaban J connectivity index is 1.82. The van der Waals surface area contributed by atoms with Crippen molar-refractivity contribution in [1.82, 2.24) is 9.97 Å².